The predicted octanol–water partition coefficient (Wildman–Crippen LogP) is 2.34. The van der Waals surface area contributed by atoms with Crippen LogP contribution in [-0.4, -0.2) is 23.4 Å². The first-order valence-corrected chi connectivity index (χ1v) is 6.64. The maximum absolute atomic E-state index is 13.6. The van der Waals surface area contributed by atoms with Gasteiger partial charge in [-0.1, -0.05) is 12.8 Å². The zero-order chi connectivity index (χ0) is 15.4. The molecule has 1 fully saturated rings. The van der Waals surface area contributed by atoms with Crippen LogP contribution in [0.2, 0.25) is 0 Å². The van der Waals surface area contributed by atoms with Crippen molar-refractivity contribution >= 4 is 17.3 Å². The van der Waals surface area contributed by atoms with E-state index in [1.807, 2.05) is 0 Å². The Labute approximate surface area is 119 Å². The van der Waals surface area contributed by atoms with E-state index in [1.165, 1.54) is 0 Å². The van der Waals surface area contributed by atoms with E-state index < -0.39 is 33.8 Å². The molecule has 2 rings (SSSR count). The van der Waals surface area contributed by atoms with Crippen LogP contribution < -0.4 is 10.6 Å². The maximum Gasteiger partial charge on any atom is 0.298 e. The molecule has 21 heavy (non-hydrogen) atoms. The normalized spacial score (nSPS) is 15.1. The molecule has 0 radical (unpaired) electrons. The lowest BCUT2D eigenvalue weighted by Crippen LogP contribution is -2.34. The molecular formula is C13H15F2N3O3. The molecule has 8 heteroatoms. The van der Waals surface area contributed by atoms with Crippen molar-refractivity contribution in [1.29, 1.82) is 0 Å². The molecule has 6 nitrogen and oxygen atoms in total. The van der Waals surface area contributed by atoms with Gasteiger partial charge in [0.15, 0.2) is 11.5 Å². The monoisotopic (exact) mass is 299 g/mol. The van der Waals surface area contributed by atoms with Crippen LogP contribution in [-0.2, 0) is 4.79 Å². The molecule has 1 aromatic carbocycles. The number of hydrogen-bond donors (Lipinski definition) is 2. The van der Waals surface area contributed by atoms with Crippen LogP contribution in [0.4, 0.5) is 20.2 Å². The minimum atomic E-state index is -1.17. The number of amides is 1. The lowest BCUT2D eigenvalue weighted by Gasteiger charge is -2.12. The molecule has 0 heterocycles. The van der Waals surface area contributed by atoms with E-state index in [0.717, 1.165) is 25.7 Å². The highest BCUT2D eigenvalue weighted by Crippen LogP contribution is 2.28. The van der Waals surface area contributed by atoms with Gasteiger partial charge in [0.1, 0.15) is 5.82 Å². The number of nitrogens with zero attached hydrogens (tertiary/aromatic N) is 1. The number of carbonyl (C=O) groups excluding carboxylic acids is 1. The zero-order valence-corrected chi connectivity index (χ0v) is 11.2. The van der Waals surface area contributed by atoms with Gasteiger partial charge in [0, 0.05) is 12.1 Å². The van der Waals surface area contributed by atoms with Crippen LogP contribution in [0.5, 0.6) is 0 Å². The van der Waals surface area contributed by atoms with Crippen molar-refractivity contribution in [3.63, 3.8) is 0 Å². The molecule has 0 saturated heterocycles. The first-order valence-electron chi connectivity index (χ1n) is 6.64. The van der Waals surface area contributed by atoms with Crippen LogP contribution in [0.25, 0.3) is 0 Å². The van der Waals surface area contributed by atoms with Crippen LogP contribution >= 0.6 is 0 Å². The number of nitrogens with one attached hydrogen (secondary N) is 2. The van der Waals surface area contributed by atoms with Gasteiger partial charge in [-0.15, -0.1) is 0 Å². The van der Waals surface area contributed by atoms with Gasteiger partial charge >= 0.3 is 0 Å². The summed E-state index contributed by atoms with van der Waals surface area (Å²) in [6.45, 7) is -0.0708. The Hall–Kier alpha value is -2.09. The van der Waals surface area contributed by atoms with Gasteiger partial charge in [-0.25, -0.2) is 8.78 Å². The Morgan fingerprint density at radius 2 is 2.00 bits per heavy atom. The Kier molecular flexibility index (Phi) is 4.79. The quantitative estimate of drug-likeness (QED) is 0.645. The molecule has 1 saturated carbocycles. The summed E-state index contributed by atoms with van der Waals surface area (Å²) in [5, 5.41) is 15.9. The second-order valence-corrected chi connectivity index (χ2v) is 4.95. The third-order valence-electron chi connectivity index (χ3n) is 3.40. The fourth-order valence-electron chi connectivity index (χ4n) is 2.38. The van der Waals surface area contributed by atoms with Crippen molar-refractivity contribution in [2.24, 2.45) is 0 Å². The summed E-state index contributed by atoms with van der Waals surface area (Å²) < 4.78 is 26.6. The molecule has 1 aliphatic rings. The molecule has 2 N–H and O–H groups in total. The summed E-state index contributed by atoms with van der Waals surface area (Å²) in [5.41, 5.74) is -1.42. The van der Waals surface area contributed by atoms with E-state index >= 15 is 0 Å². The summed E-state index contributed by atoms with van der Waals surface area (Å²) in [6, 6.07) is 1.31. The summed E-state index contributed by atoms with van der Waals surface area (Å²) in [6.07, 6.45) is 4.13. The third-order valence-corrected chi connectivity index (χ3v) is 3.40. The van der Waals surface area contributed by atoms with E-state index in [9.17, 15) is 23.7 Å². The number of nitro benzene ring substituents is 1. The lowest BCUT2D eigenvalue weighted by atomic mass is 10.2. The SMILES string of the molecule is O=C(CNC1CCCC1)Nc1c(F)cc(F)cc1[N+](=O)[O-]. The largest absolute Gasteiger partial charge is 0.317 e. The molecule has 1 aromatic rings. The average Bonchev–Trinajstić information content (AvgIpc) is 2.92. The van der Waals surface area contributed by atoms with Gasteiger partial charge < -0.3 is 10.6 Å². The fraction of sp³-hybridized carbons (Fsp3) is 0.462. The van der Waals surface area contributed by atoms with Gasteiger partial charge in [-0.3, -0.25) is 14.9 Å². The Morgan fingerprint density at radius 3 is 2.62 bits per heavy atom. The predicted molar refractivity (Wildman–Crippen MR) is 71.9 cm³/mol. The first kappa shape index (κ1) is 15.3. The number of rotatable bonds is 5. The van der Waals surface area contributed by atoms with Gasteiger partial charge in [0.2, 0.25) is 5.91 Å². The number of carbonyl (C=O) groups is 1. The minimum Gasteiger partial charge on any atom is -0.317 e. The van der Waals surface area contributed by atoms with Crippen molar-refractivity contribution in [1.82, 2.24) is 5.32 Å². The summed E-state index contributed by atoms with van der Waals surface area (Å²) >= 11 is 0. The van der Waals surface area contributed by atoms with E-state index in [-0.39, 0.29) is 12.6 Å². The molecule has 0 unspecified atom stereocenters. The van der Waals surface area contributed by atoms with E-state index in [2.05, 4.69) is 10.6 Å². The standard InChI is InChI=1S/C13H15F2N3O3/c14-8-5-10(15)13(11(6-8)18(20)21)17-12(19)7-16-9-3-1-2-4-9/h5-6,9,16H,1-4,7H2,(H,17,19). The second kappa shape index (κ2) is 6.57. The Bertz CT molecular complexity index is 560. The zero-order valence-electron chi connectivity index (χ0n) is 11.2. The highest BCUT2D eigenvalue weighted by atomic mass is 19.1. The van der Waals surface area contributed by atoms with Crippen molar-refractivity contribution < 1.29 is 18.5 Å². The third kappa shape index (κ3) is 3.94. The fourth-order valence-corrected chi connectivity index (χ4v) is 2.38. The molecule has 0 aliphatic heterocycles. The molecular weight excluding hydrogens is 284 g/mol. The molecule has 0 atom stereocenters. The molecule has 1 amide bonds. The van der Waals surface area contributed by atoms with Crippen molar-refractivity contribution in [2.75, 3.05) is 11.9 Å². The highest BCUT2D eigenvalue weighted by molar-refractivity contribution is 5.94. The van der Waals surface area contributed by atoms with Crippen molar-refractivity contribution in [2.45, 2.75) is 31.7 Å². The van der Waals surface area contributed by atoms with E-state index in [4.69, 9.17) is 0 Å². The van der Waals surface area contributed by atoms with Crippen molar-refractivity contribution in [3.05, 3.63) is 33.9 Å². The number of benzene rings is 1. The molecule has 0 spiro atoms. The van der Waals surface area contributed by atoms with Crippen molar-refractivity contribution in [3.8, 4) is 0 Å². The van der Waals surface area contributed by atoms with Crippen LogP contribution in [0.15, 0.2) is 12.1 Å². The molecule has 0 bridgehead atoms. The number of nitro groups is 1. The highest BCUT2D eigenvalue weighted by Gasteiger charge is 2.23. The molecule has 1 aliphatic carbocycles. The lowest BCUT2D eigenvalue weighted by molar-refractivity contribution is -0.384. The smallest absolute Gasteiger partial charge is 0.298 e. The number of anilines is 1. The topological polar surface area (TPSA) is 84.3 Å². The number of hydrogen-bond acceptors (Lipinski definition) is 4. The van der Waals surface area contributed by atoms with Crippen LogP contribution in [0.1, 0.15) is 25.7 Å². The van der Waals surface area contributed by atoms with Gasteiger partial charge in [-0.05, 0) is 12.8 Å². The van der Waals surface area contributed by atoms with Gasteiger partial charge in [0.25, 0.3) is 5.69 Å². The Morgan fingerprint density at radius 1 is 1.33 bits per heavy atom. The Balaban J connectivity index is 2.04. The number of halogens is 2. The molecule has 114 valence electrons. The summed E-state index contributed by atoms with van der Waals surface area (Å²) in [4.78, 5) is 21.6. The van der Waals surface area contributed by atoms with Crippen LogP contribution in [0.3, 0.4) is 0 Å². The van der Waals surface area contributed by atoms with E-state index in [1.54, 1.807) is 0 Å². The van der Waals surface area contributed by atoms with Gasteiger partial charge in [0.05, 0.1) is 17.5 Å². The summed E-state index contributed by atoms with van der Waals surface area (Å²) in [5.74, 6) is -2.84. The average molecular weight is 299 g/mol. The minimum absolute atomic E-state index is 0.0708. The first-order chi connectivity index (χ1) is 9.97. The maximum atomic E-state index is 13.6. The summed E-state index contributed by atoms with van der Waals surface area (Å²) in [7, 11) is 0. The molecule has 0 aromatic heterocycles. The van der Waals surface area contributed by atoms with Crippen LogP contribution in [0, 0.1) is 21.7 Å². The van der Waals surface area contributed by atoms with E-state index in [0.29, 0.717) is 12.1 Å². The van der Waals surface area contributed by atoms with Gasteiger partial charge in [-0.2, -0.15) is 0 Å². The second-order valence-electron chi connectivity index (χ2n) is 4.95.